The summed E-state index contributed by atoms with van der Waals surface area (Å²) in [5.41, 5.74) is 9.74. The van der Waals surface area contributed by atoms with Crippen LogP contribution >= 0.6 is 11.6 Å². The standard InChI is InChI=1S/C24H16ClNO2/c25-18-8-4-3-7-16(18)22-21-17-11-13-5-1-2-6-14(13)15(17)9-10-19(21)26-20-12-28-24(27)23(20)22/h1-10,22,26H,11-12H2. The molecule has 0 spiro atoms. The number of carbonyl (C=O) groups excluding carboxylic acids is 1. The largest absolute Gasteiger partial charge is 0.456 e. The summed E-state index contributed by atoms with van der Waals surface area (Å²) in [5, 5.41) is 4.12. The zero-order chi connectivity index (χ0) is 18.8. The summed E-state index contributed by atoms with van der Waals surface area (Å²) in [6.07, 6.45) is 0.856. The Kier molecular flexibility index (Phi) is 3.27. The maximum absolute atomic E-state index is 12.7. The molecule has 3 nitrogen and oxygen atoms in total. The van der Waals surface area contributed by atoms with E-state index in [2.05, 4.69) is 41.7 Å². The number of hydrogen-bond acceptors (Lipinski definition) is 3. The minimum absolute atomic E-state index is 0.223. The van der Waals surface area contributed by atoms with Crippen LogP contribution in [0.1, 0.15) is 28.2 Å². The van der Waals surface area contributed by atoms with Crippen molar-refractivity contribution >= 4 is 23.3 Å². The van der Waals surface area contributed by atoms with E-state index in [0.29, 0.717) is 10.6 Å². The fourth-order valence-electron chi connectivity index (χ4n) is 4.81. The van der Waals surface area contributed by atoms with Gasteiger partial charge in [0.1, 0.15) is 6.61 Å². The van der Waals surface area contributed by atoms with Crippen LogP contribution in [0.3, 0.4) is 0 Å². The van der Waals surface area contributed by atoms with Gasteiger partial charge in [0.2, 0.25) is 0 Å². The third-order valence-corrected chi connectivity index (χ3v) is 6.35. The van der Waals surface area contributed by atoms with Crippen LogP contribution < -0.4 is 5.32 Å². The first-order chi connectivity index (χ1) is 13.7. The fourth-order valence-corrected chi connectivity index (χ4v) is 5.06. The minimum atomic E-state index is -0.258. The van der Waals surface area contributed by atoms with Gasteiger partial charge in [-0.3, -0.25) is 0 Å². The first kappa shape index (κ1) is 16.0. The number of anilines is 1. The van der Waals surface area contributed by atoms with Crippen molar-refractivity contribution in [3.05, 3.63) is 99.2 Å². The summed E-state index contributed by atoms with van der Waals surface area (Å²) in [6.45, 7) is 0.284. The number of fused-ring (bicyclic) bond motifs is 5. The van der Waals surface area contributed by atoms with E-state index in [1.165, 1.54) is 22.3 Å². The Morgan fingerprint density at radius 1 is 0.964 bits per heavy atom. The van der Waals surface area contributed by atoms with Crippen LogP contribution in [-0.4, -0.2) is 12.6 Å². The third kappa shape index (κ3) is 2.08. The number of rotatable bonds is 1. The number of halogens is 1. The highest BCUT2D eigenvalue weighted by Gasteiger charge is 2.41. The topological polar surface area (TPSA) is 38.3 Å². The molecule has 2 aliphatic heterocycles. The average Bonchev–Trinajstić information content (AvgIpc) is 3.27. The van der Waals surface area contributed by atoms with Gasteiger partial charge in [-0.05, 0) is 51.9 Å². The van der Waals surface area contributed by atoms with E-state index in [4.69, 9.17) is 16.3 Å². The molecule has 0 aromatic heterocycles. The number of cyclic esters (lactones) is 1. The zero-order valence-electron chi connectivity index (χ0n) is 15.0. The molecule has 1 unspecified atom stereocenters. The molecule has 0 saturated carbocycles. The molecule has 136 valence electrons. The number of nitrogens with one attached hydrogen (secondary N) is 1. The second-order valence-electron chi connectivity index (χ2n) is 7.43. The molecule has 28 heavy (non-hydrogen) atoms. The molecule has 3 aromatic rings. The van der Waals surface area contributed by atoms with Crippen molar-refractivity contribution in [1.82, 2.24) is 0 Å². The Morgan fingerprint density at radius 3 is 2.68 bits per heavy atom. The molecule has 0 fully saturated rings. The lowest BCUT2D eigenvalue weighted by atomic mass is 9.78. The smallest absolute Gasteiger partial charge is 0.337 e. The highest BCUT2D eigenvalue weighted by molar-refractivity contribution is 6.31. The molecule has 0 saturated heterocycles. The molecule has 1 N–H and O–H groups in total. The second kappa shape index (κ2) is 5.73. The molecular weight excluding hydrogens is 370 g/mol. The van der Waals surface area contributed by atoms with Gasteiger partial charge < -0.3 is 10.1 Å². The van der Waals surface area contributed by atoms with Crippen LogP contribution in [0.4, 0.5) is 5.69 Å². The summed E-state index contributed by atoms with van der Waals surface area (Å²) in [7, 11) is 0. The van der Waals surface area contributed by atoms with Gasteiger partial charge in [-0.15, -0.1) is 0 Å². The number of benzene rings is 3. The average molecular weight is 386 g/mol. The molecule has 0 bridgehead atoms. The normalized spacial score (nSPS) is 18.8. The van der Waals surface area contributed by atoms with Gasteiger partial charge in [-0.1, -0.05) is 60.1 Å². The van der Waals surface area contributed by atoms with E-state index in [1.54, 1.807) is 0 Å². The zero-order valence-corrected chi connectivity index (χ0v) is 15.7. The number of hydrogen-bond donors (Lipinski definition) is 1. The van der Waals surface area contributed by atoms with Crippen LogP contribution in [0, 0.1) is 0 Å². The highest BCUT2D eigenvalue weighted by Crippen LogP contribution is 2.51. The van der Waals surface area contributed by atoms with Crippen LogP contribution in [0.25, 0.3) is 11.1 Å². The predicted octanol–water partition coefficient (Wildman–Crippen LogP) is 5.28. The maximum atomic E-state index is 12.7. The van der Waals surface area contributed by atoms with Crippen LogP contribution in [0.2, 0.25) is 5.02 Å². The van der Waals surface area contributed by atoms with E-state index in [1.807, 2.05) is 24.3 Å². The second-order valence-corrected chi connectivity index (χ2v) is 7.84. The Balaban J connectivity index is 1.65. The SMILES string of the molecule is O=C1OCC2=C1C(c1ccccc1Cl)c1c(ccc3c1Cc1ccccc1-3)N2. The number of ether oxygens (including phenoxy) is 1. The van der Waals surface area contributed by atoms with E-state index in [-0.39, 0.29) is 18.5 Å². The van der Waals surface area contributed by atoms with E-state index >= 15 is 0 Å². The molecule has 3 aromatic carbocycles. The van der Waals surface area contributed by atoms with Gasteiger partial charge in [0, 0.05) is 16.6 Å². The van der Waals surface area contributed by atoms with Crippen molar-refractivity contribution in [2.24, 2.45) is 0 Å². The predicted molar refractivity (Wildman–Crippen MR) is 110 cm³/mol. The maximum Gasteiger partial charge on any atom is 0.337 e. The summed E-state index contributed by atoms with van der Waals surface area (Å²) in [6, 6.07) is 20.6. The molecule has 1 atom stereocenters. The van der Waals surface area contributed by atoms with Gasteiger partial charge in [0.05, 0.1) is 11.3 Å². The van der Waals surface area contributed by atoms with Gasteiger partial charge in [-0.2, -0.15) is 0 Å². The van der Waals surface area contributed by atoms with Crippen molar-refractivity contribution < 1.29 is 9.53 Å². The van der Waals surface area contributed by atoms with Crippen molar-refractivity contribution in [1.29, 1.82) is 0 Å². The summed E-state index contributed by atoms with van der Waals surface area (Å²) >= 11 is 6.61. The molecule has 4 heteroatoms. The summed E-state index contributed by atoms with van der Waals surface area (Å²) in [5.74, 6) is -0.481. The monoisotopic (exact) mass is 385 g/mol. The lowest BCUT2D eigenvalue weighted by Gasteiger charge is -2.30. The Hall–Kier alpha value is -3.04. The molecule has 1 aliphatic carbocycles. The van der Waals surface area contributed by atoms with E-state index < -0.39 is 0 Å². The first-order valence-electron chi connectivity index (χ1n) is 9.38. The Labute approximate surface area is 167 Å². The molecule has 3 aliphatic rings. The number of esters is 1. The Morgan fingerprint density at radius 2 is 1.79 bits per heavy atom. The fraction of sp³-hybridized carbons (Fsp3) is 0.125. The lowest BCUT2D eigenvalue weighted by molar-refractivity contribution is -0.136. The van der Waals surface area contributed by atoms with E-state index in [0.717, 1.165) is 28.9 Å². The quantitative estimate of drug-likeness (QED) is 0.453. The van der Waals surface area contributed by atoms with E-state index in [9.17, 15) is 4.79 Å². The Bertz CT molecular complexity index is 1210. The van der Waals surface area contributed by atoms with Crippen molar-refractivity contribution in [3.63, 3.8) is 0 Å². The van der Waals surface area contributed by atoms with Crippen LogP contribution in [0.15, 0.2) is 71.9 Å². The first-order valence-corrected chi connectivity index (χ1v) is 9.76. The molecule has 0 amide bonds. The van der Waals surface area contributed by atoms with Crippen LogP contribution in [0.5, 0.6) is 0 Å². The van der Waals surface area contributed by atoms with Crippen LogP contribution in [-0.2, 0) is 16.0 Å². The summed E-state index contributed by atoms with van der Waals surface area (Å²) < 4.78 is 5.39. The van der Waals surface area contributed by atoms with Crippen molar-refractivity contribution in [3.8, 4) is 11.1 Å². The van der Waals surface area contributed by atoms with Crippen molar-refractivity contribution in [2.45, 2.75) is 12.3 Å². The third-order valence-electron chi connectivity index (χ3n) is 6.00. The molecule has 2 heterocycles. The molecule has 0 radical (unpaired) electrons. The van der Waals surface area contributed by atoms with Gasteiger partial charge in [0.15, 0.2) is 0 Å². The van der Waals surface area contributed by atoms with Gasteiger partial charge in [-0.25, -0.2) is 4.79 Å². The minimum Gasteiger partial charge on any atom is -0.456 e. The summed E-state index contributed by atoms with van der Waals surface area (Å²) in [4.78, 5) is 12.7. The highest BCUT2D eigenvalue weighted by atomic mass is 35.5. The van der Waals surface area contributed by atoms with Crippen molar-refractivity contribution in [2.75, 3.05) is 11.9 Å². The van der Waals surface area contributed by atoms with Gasteiger partial charge in [0.25, 0.3) is 0 Å². The molecule has 6 rings (SSSR count). The lowest BCUT2D eigenvalue weighted by Crippen LogP contribution is -2.21. The molecular formula is C24H16ClNO2. The number of carbonyl (C=O) groups is 1. The van der Waals surface area contributed by atoms with Gasteiger partial charge >= 0.3 is 5.97 Å².